The minimum Gasteiger partial charge on any atom is -0.357 e. The number of aliphatic imine (C=N–C) groups is 1. The minimum absolute atomic E-state index is 0. The molecule has 0 bridgehead atoms. The first-order valence-electron chi connectivity index (χ1n) is 8.67. The molecule has 1 aliphatic heterocycles. The van der Waals surface area contributed by atoms with E-state index in [0.29, 0.717) is 32.1 Å². The lowest BCUT2D eigenvalue weighted by atomic mass is 10.4. The second-order valence-corrected chi connectivity index (χ2v) is 8.95. The zero-order valence-electron chi connectivity index (χ0n) is 15.1. The van der Waals surface area contributed by atoms with Gasteiger partial charge in [-0.15, -0.1) is 24.0 Å². The van der Waals surface area contributed by atoms with E-state index in [1.165, 1.54) is 0 Å². The Balaban J connectivity index is 0.00000338. The number of rotatable bonds is 9. The second-order valence-electron chi connectivity index (χ2n) is 5.64. The van der Waals surface area contributed by atoms with E-state index in [2.05, 4.69) is 20.7 Å². The summed E-state index contributed by atoms with van der Waals surface area (Å²) in [5.41, 5.74) is 0. The van der Waals surface area contributed by atoms with Crippen LogP contribution < -0.4 is 10.6 Å². The maximum atomic E-state index is 12.3. The summed E-state index contributed by atoms with van der Waals surface area (Å²) in [5, 5.41) is 10.4. The fourth-order valence-corrected chi connectivity index (χ4v) is 4.94. The van der Waals surface area contributed by atoms with Crippen LogP contribution in [0.4, 0.5) is 0 Å². The highest BCUT2D eigenvalue weighted by molar-refractivity contribution is 14.0. The quantitative estimate of drug-likeness (QED) is 0.219. The summed E-state index contributed by atoms with van der Waals surface area (Å²) >= 11 is 1.80. The van der Waals surface area contributed by atoms with Crippen molar-refractivity contribution < 1.29 is 8.42 Å². The topological polar surface area (TPSA) is 91.6 Å². The average molecular weight is 516 g/mol. The number of halogens is 1. The van der Waals surface area contributed by atoms with Crippen molar-refractivity contribution in [2.75, 3.05) is 50.0 Å². The molecule has 26 heavy (non-hydrogen) atoms. The summed E-state index contributed by atoms with van der Waals surface area (Å²) < 4.78 is 28.1. The molecule has 0 unspecified atom stereocenters. The van der Waals surface area contributed by atoms with Gasteiger partial charge < -0.3 is 10.6 Å². The molecular formula is C15H29IN6O2S2. The molecule has 0 spiro atoms. The van der Waals surface area contributed by atoms with Crippen LogP contribution >= 0.6 is 35.7 Å². The van der Waals surface area contributed by atoms with Gasteiger partial charge in [-0.2, -0.15) is 16.9 Å². The zero-order valence-corrected chi connectivity index (χ0v) is 19.1. The molecule has 150 valence electrons. The predicted molar refractivity (Wildman–Crippen MR) is 119 cm³/mol. The molecule has 1 saturated heterocycles. The SMILES string of the molecule is CCNC(=NCCCn1cccn1)NCCS(=O)(=O)N1CCSCC1.I. The summed E-state index contributed by atoms with van der Waals surface area (Å²) in [6, 6.07) is 1.90. The predicted octanol–water partition coefficient (Wildman–Crippen LogP) is 0.825. The third kappa shape index (κ3) is 8.44. The van der Waals surface area contributed by atoms with Gasteiger partial charge >= 0.3 is 0 Å². The van der Waals surface area contributed by atoms with Crippen LogP contribution in [0.25, 0.3) is 0 Å². The van der Waals surface area contributed by atoms with E-state index in [-0.39, 0.29) is 29.7 Å². The molecule has 0 saturated carbocycles. The van der Waals surface area contributed by atoms with Crippen LogP contribution in [0.15, 0.2) is 23.5 Å². The van der Waals surface area contributed by atoms with E-state index >= 15 is 0 Å². The molecule has 2 heterocycles. The number of guanidine groups is 1. The molecule has 0 amide bonds. The van der Waals surface area contributed by atoms with E-state index in [1.54, 1.807) is 22.3 Å². The van der Waals surface area contributed by atoms with Crippen molar-refractivity contribution in [2.45, 2.75) is 19.9 Å². The highest BCUT2D eigenvalue weighted by Gasteiger charge is 2.23. The molecule has 0 aromatic carbocycles. The number of nitrogens with one attached hydrogen (secondary N) is 2. The normalized spacial score (nSPS) is 16.1. The Bertz CT molecular complexity index is 618. The molecule has 0 atom stereocenters. The number of sulfonamides is 1. The number of aromatic nitrogens is 2. The molecule has 1 aliphatic rings. The van der Waals surface area contributed by atoms with Crippen molar-refractivity contribution in [3.05, 3.63) is 18.5 Å². The molecule has 0 aliphatic carbocycles. The fourth-order valence-electron chi connectivity index (χ4n) is 2.45. The molecular weight excluding hydrogens is 487 g/mol. The van der Waals surface area contributed by atoms with Crippen LogP contribution in [0.5, 0.6) is 0 Å². The highest BCUT2D eigenvalue weighted by Crippen LogP contribution is 2.12. The van der Waals surface area contributed by atoms with Crippen LogP contribution in [0.3, 0.4) is 0 Å². The minimum atomic E-state index is -3.19. The van der Waals surface area contributed by atoms with Gasteiger partial charge in [0, 0.05) is 63.2 Å². The third-order valence-electron chi connectivity index (χ3n) is 3.73. The van der Waals surface area contributed by atoms with Gasteiger partial charge in [0.2, 0.25) is 10.0 Å². The maximum Gasteiger partial charge on any atom is 0.215 e. The number of aryl methyl sites for hydroxylation is 1. The molecule has 2 rings (SSSR count). The van der Waals surface area contributed by atoms with Crippen LogP contribution in [0, 0.1) is 0 Å². The molecule has 1 aromatic heterocycles. The summed E-state index contributed by atoms with van der Waals surface area (Å²) in [6.45, 7) is 5.80. The van der Waals surface area contributed by atoms with Gasteiger partial charge in [0.25, 0.3) is 0 Å². The van der Waals surface area contributed by atoms with Gasteiger partial charge in [0.1, 0.15) is 0 Å². The van der Waals surface area contributed by atoms with E-state index < -0.39 is 10.0 Å². The zero-order chi connectivity index (χ0) is 18.0. The Kier molecular flexibility index (Phi) is 11.6. The maximum absolute atomic E-state index is 12.3. The molecule has 2 N–H and O–H groups in total. The van der Waals surface area contributed by atoms with Crippen LogP contribution in [0.2, 0.25) is 0 Å². The largest absolute Gasteiger partial charge is 0.357 e. The first-order chi connectivity index (χ1) is 12.1. The molecule has 1 aromatic rings. The number of thioether (sulfide) groups is 1. The standard InChI is InChI=1S/C15H28N6O2S2.HI/c1-2-16-15(17-5-3-8-20-9-4-6-19-20)18-7-14-25(22,23)21-10-12-24-13-11-21;/h4,6,9H,2-3,5,7-8,10-14H2,1H3,(H2,16,17,18);1H. The first kappa shape index (κ1) is 23.5. The van der Waals surface area contributed by atoms with Gasteiger partial charge in [-0.3, -0.25) is 9.67 Å². The Labute approximate surface area is 177 Å². The average Bonchev–Trinajstić information content (AvgIpc) is 3.13. The van der Waals surface area contributed by atoms with Gasteiger partial charge in [-0.25, -0.2) is 12.7 Å². The second kappa shape index (κ2) is 12.8. The smallest absolute Gasteiger partial charge is 0.215 e. The van der Waals surface area contributed by atoms with E-state index in [4.69, 9.17) is 0 Å². The first-order valence-corrected chi connectivity index (χ1v) is 11.4. The third-order valence-corrected chi connectivity index (χ3v) is 6.55. The van der Waals surface area contributed by atoms with Crippen molar-refractivity contribution in [2.24, 2.45) is 4.99 Å². The van der Waals surface area contributed by atoms with Gasteiger partial charge in [-0.05, 0) is 19.4 Å². The molecule has 1 fully saturated rings. The number of nitrogens with zero attached hydrogens (tertiary/aromatic N) is 4. The molecule has 8 nitrogen and oxygen atoms in total. The van der Waals surface area contributed by atoms with Crippen molar-refractivity contribution in [3.8, 4) is 0 Å². The fraction of sp³-hybridized carbons (Fsp3) is 0.733. The van der Waals surface area contributed by atoms with Gasteiger partial charge in [0.05, 0.1) is 5.75 Å². The molecule has 0 radical (unpaired) electrons. The van der Waals surface area contributed by atoms with Crippen molar-refractivity contribution >= 4 is 51.7 Å². The Hall–Kier alpha value is -0.530. The van der Waals surface area contributed by atoms with Crippen molar-refractivity contribution in [1.82, 2.24) is 24.7 Å². The summed E-state index contributed by atoms with van der Waals surface area (Å²) in [4.78, 5) is 4.49. The lowest BCUT2D eigenvalue weighted by Gasteiger charge is -2.25. The lowest BCUT2D eigenvalue weighted by molar-refractivity contribution is 0.443. The van der Waals surface area contributed by atoms with Gasteiger partial charge in [0.15, 0.2) is 5.96 Å². The highest BCUT2D eigenvalue weighted by atomic mass is 127. The number of hydrogen-bond acceptors (Lipinski definition) is 5. The Morgan fingerprint density at radius 1 is 1.31 bits per heavy atom. The van der Waals surface area contributed by atoms with E-state index in [0.717, 1.165) is 31.0 Å². The van der Waals surface area contributed by atoms with Crippen LogP contribution in [-0.4, -0.2) is 78.4 Å². The van der Waals surface area contributed by atoms with E-state index in [1.807, 2.05) is 23.9 Å². The monoisotopic (exact) mass is 516 g/mol. The lowest BCUT2D eigenvalue weighted by Crippen LogP contribution is -2.44. The van der Waals surface area contributed by atoms with Crippen molar-refractivity contribution in [1.29, 1.82) is 0 Å². The van der Waals surface area contributed by atoms with Crippen LogP contribution in [0.1, 0.15) is 13.3 Å². The molecule has 11 heteroatoms. The summed E-state index contributed by atoms with van der Waals surface area (Å²) in [7, 11) is -3.19. The Morgan fingerprint density at radius 3 is 2.73 bits per heavy atom. The van der Waals surface area contributed by atoms with E-state index in [9.17, 15) is 8.42 Å². The van der Waals surface area contributed by atoms with Crippen molar-refractivity contribution in [3.63, 3.8) is 0 Å². The summed E-state index contributed by atoms with van der Waals surface area (Å²) in [5.74, 6) is 2.52. The Morgan fingerprint density at radius 2 is 2.08 bits per heavy atom. The summed E-state index contributed by atoms with van der Waals surface area (Å²) in [6.07, 6.45) is 4.56. The number of hydrogen-bond donors (Lipinski definition) is 2. The van der Waals surface area contributed by atoms with Crippen LogP contribution in [-0.2, 0) is 16.6 Å². The van der Waals surface area contributed by atoms with Gasteiger partial charge in [-0.1, -0.05) is 0 Å².